The largest absolute Gasteiger partial charge is 0.377 e. The Balaban J connectivity index is 2.02. The van der Waals surface area contributed by atoms with Gasteiger partial charge in [0.05, 0.1) is 18.2 Å². The van der Waals surface area contributed by atoms with Gasteiger partial charge in [-0.2, -0.15) is 0 Å². The molecule has 2 aromatic rings. The predicted molar refractivity (Wildman–Crippen MR) is 77.1 cm³/mol. The smallest absolute Gasteiger partial charge is 0.123 e. The van der Waals surface area contributed by atoms with Crippen LogP contribution in [-0.4, -0.2) is 11.6 Å². The summed E-state index contributed by atoms with van der Waals surface area (Å²) in [5.41, 5.74) is 3.27. The Morgan fingerprint density at radius 1 is 1.28 bits per heavy atom. The number of nitrogens with zero attached hydrogens (tertiary/aromatic N) is 1. The van der Waals surface area contributed by atoms with Crippen molar-refractivity contribution in [2.45, 2.75) is 25.8 Å². The third kappa shape index (κ3) is 3.55. The van der Waals surface area contributed by atoms with Gasteiger partial charge in [-0.3, -0.25) is 0 Å². The third-order valence-electron chi connectivity index (χ3n) is 2.51. The number of rotatable bonds is 6. The van der Waals surface area contributed by atoms with Crippen molar-refractivity contribution in [3.63, 3.8) is 0 Å². The van der Waals surface area contributed by atoms with Crippen LogP contribution in [0.25, 0.3) is 10.6 Å². The zero-order valence-electron chi connectivity index (χ0n) is 10.4. The Morgan fingerprint density at radius 2 is 2.06 bits per heavy atom. The van der Waals surface area contributed by atoms with Gasteiger partial charge in [-0.25, -0.2) is 4.98 Å². The first-order chi connectivity index (χ1) is 8.83. The minimum Gasteiger partial charge on any atom is -0.377 e. The van der Waals surface area contributed by atoms with Crippen LogP contribution in [0.1, 0.15) is 24.6 Å². The minimum atomic E-state index is 0.472. The zero-order valence-corrected chi connectivity index (χ0v) is 11.9. The topological polar surface area (TPSA) is 22.1 Å². The van der Waals surface area contributed by atoms with Crippen LogP contribution >= 0.6 is 22.9 Å². The van der Waals surface area contributed by atoms with Crippen molar-refractivity contribution >= 4 is 22.9 Å². The third-order valence-corrected chi connectivity index (χ3v) is 3.72. The fourth-order valence-electron chi connectivity index (χ4n) is 1.58. The highest BCUT2D eigenvalue weighted by molar-refractivity contribution is 7.13. The average molecular weight is 282 g/mol. The van der Waals surface area contributed by atoms with E-state index in [4.69, 9.17) is 16.3 Å². The molecular weight excluding hydrogens is 266 g/mol. The Hall–Kier alpha value is -0.900. The lowest BCUT2D eigenvalue weighted by atomic mass is 10.1. The number of benzene rings is 1. The lowest BCUT2D eigenvalue weighted by Crippen LogP contribution is -1.93. The summed E-state index contributed by atoms with van der Waals surface area (Å²) in [6, 6.07) is 8.35. The molecule has 1 heterocycles. The molecule has 0 fully saturated rings. The normalized spacial score (nSPS) is 10.8. The first-order valence-corrected chi connectivity index (χ1v) is 7.42. The minimum absolute atomic E-state index is 0.472. The van der Waals surface area contributed by atoms with Crippen LogP contribution in [0, 0.1) is 0 Å². The molecule has 1 aromatic heterocycles. The summed E-state index contributed by atoms with van der Waals surface area (Å²) in [5.74, 6) is 0.472. The van der Waals surface area contributed by atoms with E-state index in [1.54, 1.807) is 11.3 Å². The number of thiazole rings is 1. The second-order valence-electron chi connectivity index (χ2n) is 4.03. The summed E-state index contributed by atoms with van der Waals surface area (Å²) in [5, 5.41) is 3.02. The molecule has 0 spiro atoms. The standard InChI is InChI=1S/C14H16ClNOS/c1-2-7-17-9-11-3-5-12(6-4-11)14-16-13(8-15)10-18-14/h3-6,10H,2,7-9H2,1H3. The molecule has 2 rings (SSSR count). The first kappa shape index (κ1) is 13.5. The van der Waals surface area contributed by atoms with Crippen LogP contribution in [0.5, 0.6) is 0 Å². The van der Waals surface area contributed by atoms with Crippen molar-refractivity contribution in [1.82, 2.24) is 4.98 Å². The fourth-order valence-corrected chi connectivity index (χ4v) is 2.63. The molecule has 96 valence electrons. The van der Waals surface area contributed by atoms with Gasteiger partial charge < -0.3 is 4.74 Å². The molecular formula is C14H16ClNOS. The molecule has 18 heavy (non-hydrogen) atoms. The van der Waals surface area contributed by atoms with Gasteiger partial charge in [0.15, 0.2) is 0 Å². The number of ether oxygens (including phenoxy) is 1. The van der Waals surface area contributed by atoms with Crippen LogP contribution in [-0.2, 0) is 17.2 Å². The number of aromatic nitrogens is 1. The van der Waals surface area contributed by atoms with Crippen molar-refractivity contribution in [1.29, 1.82) is 0 Å². The molecule has 0 radical (unpaired) electrons. The Morgan fingerprint density at radius 3 is 2.67 bits per heavy atom. The summed E-state index contributed by atoms with van der Waals surface area (Å²) in [6.07, 6.45) is 1.05. The summed E-state index contributed by atoms with van der Waals surface area (Å²) in [7, 11) is 0. The van der Waals surface area contributed by atoms with Crippen molar-refractivity contribution < 1.29 is 4.74 Å². The van der Waals surface area contributed by atoms with Gasteiger partial charge in [-0.05, 0) is 12.0 Å². The maximum absolute atomic E-state index is 5.75. The number of alkyl halides is 1. The predicted octanol–water partition coefficient (Wildman–Crippen LogP) is 4.48. The van der Waals surface area contributed by atoms with Gasteiger partial charge in [0.2, 0.25) is 0 Å². The van der Waals surface area contributed by atoms with E-state index in [-0.39, 0.29) is 0 Å². The van der Waals surface area contributed by atoms with Crippen molar-refractivity contribution in [2.75, 3.05) is 6.61 Å². The molecule has 0 unspecified atom stereocenters. The molecule has 4 heteroatoms. The van der Waals surface area contributed by atoms with E-state index in [2.05, 4.69) is 36.2 Å². The monoisotopic (exact) mass is 281 g/mol. The number of hydrogen-bond acceptors (Lipinski definition) is 3. The second-order valence-corrected chi connectivity index (χ2v) is 5.15. The fraction of sp³-hybridized carbons (Fsp3) is 0.357. The van der Waals surface area contributed by atoms with E-state index >= 15 is 0 Å². The summed E-state index contributed by atoms with van der Waals surface area (Å²) < 4.78 is 5.51. The van der Waals surface area contributed by atoms with Crippen LogP contribution in [0.2, 0.25) is 0 Å². The molecule has 2 nitrogen and oxygen atoms in total. The van der Waals surface area contributed by atoms with E-state index in [0.717, 1.165) is 29.3 Å². The molecule has 0 bridgehead atoms. The van der Waals surface area contributed by atoms with E-state index < -0.39 is 0 Å². The Kier molecular flexibility index (Phi) is 5.17. The quantitative estimate of drug-likeness (QED) is 0.575. The van der Waals surface area contributed by atoms with Gasteiger partial charge >= 0.3 is 0 Å². The SMILES string of the molecule is CCCOCc1ccc(-c2nc(CCl)cs2)cc1. The van der Waals surface area contributed by atoms with Gasteiger partial charge in [0, 0.05) is 17.6 Å². The number of halogens is 1. The molecule has 0 aliphatic heterocycles. The van der Waals surface area contributed by atoms with Crippen LogP contribution < -0.4 is 0 Å². The van der Waals surface area contributed by atoms with Gasteiger partial charge in [0.25, 0.3) is 0 Å². The van der Waals surface area contributed by atoms with Crippen LogP contribution in [0.15, 0.2) is 29.6 Å². The highest BCUT2D eigenvalue weighted by atomic mass is 35.5. The van der Waals surface area contributed by atoms with Gasteiger partial charge in [-0.15, -0.1) is 22.9 Å². The molecule has 0 amide bonds. The molecule has 1 aromatic carbocycles. The Bertz CT molecular complexity index is 481. The Labute approximate surface area is 117 Å². The average Bonchev–Trinajstić information content (AvgIpc) is 2.89. The lowest BCUT2D eigenvalue weighted by Gasteiger charge is -2.03. The summed E-state index contributed by atoms with van der Waals surface area (Å²) in [6.45, 7) is 3.60. The van der Waals surface area contributed by atoms with E-state index in [1.165, 1.54) is 5.56 Å². The molecule has 0 aliphatic rings. The van der Waals surface area contributed by atoms with Crippen LogP contribution in [0.4, 0.5) is 0 Å². The first-order valence-electron chi connectivity index (χ1n) is 6.01. The molecule has 0 saturated heterocycles. The highest BCUT2D eigenvalue weighted by Crippen LogP contribution is 2.24. The highest BCUT2D eigenvalue weighted by Gasteiger charge is 2.04. The molecule has 0 saturated carbocycles. The maximum atomic E-state index is 5.75. The van der Waals surface area contributed by atoms with Crippen molar-refractivity contribution in [2.24, 2.45) is 0 Å². The molecule has 0 atom stereocenters. The summed E-state index contributed by atoms with van der Waals surface area (Å²) >= 11 is 7.38. The second kappa shape index (κ2) is 6.88. The molecule has 0 N–H and O–H groups in total. The summed E-state index contributed by atoms with van der Waals surface area (Å²) in [4.78, 5) is 4.46. The lowest BCUT2D eigenvalue weighted by molar-refractivity contribution is 0.121. The number of hydrogen-bond donors (Lipinski definition) is 0. The van der Waals surface area contributed by atoms with Crippen molar-refractivity contribution in [3.05, 3.63) is 40.9 Å². The zero-order chi connectivity index (χ0) is 12.8. The van der Waals surface area contributed by atoms with Gasteiger partial charge in [-0.1, -0.05) is 31.2 Å². The van der Waals surface area contributed by atoms with Gasteiger partial charge in [0.1, 0.15) is 5.01 Å². The molecule has 0 aliphatic carbocycles. The maximum Gasteiger partial charge on any atom is 0.123 e. The van der Waals surface area contributed by atoms with Crippen LogP contribution in [0.3, 0.4) is 0 Å². The van der Waals surface area contributed by atoms with Crippen molar-refractivity contribution in [3.8, 4) is 10.6 Å². The van der Waals surface area contributed by atoms with E-state index in [9.17, 15) is 0 Å². The van der Waals surface area contributed by atoms with E-state index in [1.807, 2.05) is 5.38 Å². The van der Waals surface area contributed by atoms with E-state index in [0.29, 0.717) is 12.5 Å².